The Morgan fingerprint density at radius 3 is 2.59 bits per heavy atom. The quantitative estimate of drug-likeness (QED) is 0.275. The second kappa shape index (κ2) is 10.4. The summed E-state index contributed by atoms with van der Waals surface area (Å²) in [6.07, 6.45) is -2.39. The van der Waals surface area contributed by atoms with Crippen LogP contribution in [0.25, 0.3) is 0 Å². The third-order valence-electron chi connectivity index (χ3n) is 4.26. The summed E-state index contributed by atoms with van der Waals surface area (Å²) in [5.41, 5.74) is 6.24. The van der Waals surface area contributed by atoms with Crippen molar-refractivity contribution in [1.29, 1.82) is 0 Å². The number of benzene rings is 1. The second-order valence-electron chi connectivity index (χ2n) is 6.81. The van der Waals surface area contributed by atoms with Crippen LogP contribution in [0.5, 0.6) is 5.75 Å². The molecular weight excluding hydrogens is 450 g/mol. The van der Waals surface area contributed by atoms with E-state index in [0.29, 0.717) is 35.5 Å². The zero-order valence-electron chi connectivity index (χ0n) is 16.7. The number of halogens is 4. The maximum Gasteiger partial charge on any atom is 0.573 e. The van der Waals surface area contributed by atoms with Gasteiger partial charge in [0, 0.05) is 12.0 Å². The molecule has 0 aliphatic rings. The van der Waals surface area contributed by atoms with Crippen molar-refractivity contribution < 1.29 is 27.1 Å². The second-order valence-corrected chi connectivity index (χ2v) is 7.90. The number of hydrogen-bond donors (Lipinski definition) is 2. The first-order valence-corrected chi connectivity index (χ1v) is 10.4. The van der Waals surface area contributed by atoms with Crippen LogP contribution in [0.1, 0.15) is 29.0 Å². The van der Waals surface area contributed by atoms with E-state index in [0.717, 1.165) is 23.6 Å². The molecule has 32 heavy (non-hydrogen) atoms. The molecular formula is C20H19F4N5O2S. The molecule has 0 saturated carbocycles. The van der Waals surface area contributed by atoms with Crippen LogP contribution >= 0.6 is 11.3 Å². The van der Waals surface area contributed by atoms with Gasteiger partial charge in [-0.2, -0.15) is 4.39 Å². The molecule has 0 fully saturated rings. The first-order chi connectivity index (χ1) is 15.2. The Kier molecular flexibility index (Phi) is 7.57. The van der Waals surface area contributed by atoms with Crippen LogP contribution in [0.4, 0.5) is 28.5 Å². The van der Waals surface area contributed by atoms with Crippen LogP contribution < -0.4 is 15.8 Å². The van der Waals surface area contributed by atoms with Crippen LogP contribution in [-0.2, 0) is 24.1 Å². The molecule has 0 saturated heterocycles. The van der Waals surface area contributed by atoms with Crippen molar-refractivity contribution >= 4 is 28.2 Å². The van der Waals surface area contributed by atoms with Gasteiger partial charge in [0.1, 0.15) is 16.6 Å². The lowest BCUT2D eigenvalue weighted by molar-refractivity contribution is -0.274. The monoisotopic (exact) mass is 469 g/mol. The molecule has 0 bridgehead atoms. The van der Waals surface area contributed by atoms with Crippen LogP contribution in [0.2, 0.25) is 0 Å². The fourth-order valence-electron chi connectivity index (χ4n) is 2.90. The van der Waals surface area contributed by atoms with E-state index in [1.165, 1.54) is 29.5 Å². The lowest BCUT2D eigenvalue weighted by Crippen LogP contribution is -2.18. The average Bonchev–Trinajstić information content (AvgIpc) is 3.10. The van der Waals surface area contributed by atoms with E-state index in [1.54, 1.807) is 6.07 Å². The molecule has 0 radical (unpaired) electrons. The van der Waals surface area contributed by atoms with E-state index >= 15 is 0 Å². The van der Waals surface area contributed by atoms with Crippen molar-refractivity contribution in [1.82, 2.24) is 15.2 Å². The van der Waals surface area contributed by atoms with E-state index in [4.69, 9.17) is 5.73 Å². The van der Waals surface area contributed by atoms with E-state index in [9.17, 15) is 22.4 Å². The highest BCUT2D eigenvalue weighted by molar-refractivity contribution is 7.15. The molecule has 0 spiro atoms. The highest BCUT2D eigenvalue weighted by Crippen LogP contribution is 2.23. The van der Waals surface area contributed by atoms with Gasteiger partial charge in [-0.15, -0.1) is 23.4 Å². The Morgan fingerprint density at radius 2 is 1.91 bits per heavy atom. The number of carbonyl (C=O) groups is 1. The molecule has 7 nitrogen and oxygen atoms in total. The van der Waals surface area contributed by atoms with Gasteiger partial charge in [0.2, 0.25) is 17.0 Å². The first kappa shape index (κ1) is 23.4. The van der Waals surface area contributed by atoms with Crippen LogP contribution in [0.15, 0.2) is 36.4 Å². The summed E-state index contributed by atoms with van der Waals surface area (Å²) in [5, 5.41) is 11.3. The van der Waals surface area contributed by atoms with E-state index < -0.39 is 24.0 Å². The fourth-order valence-corrected chi connectivity index (χ4v) is 3.55. The van der Waals surface area contributed by atoms with Crippen molar-refractivity contribution in [3.8, 4) is 5.75 Å². The number of aromatic nitrogens is 3. The van der Waals surface area contributed by atoms with Gasteiger partial charge in [-0.25, -0.2) is 4.98 Å². The van der Waals surface area contributed by atoms with Gasteiger partial charge >= 0.3 is 6.36 Å². The number of unbranched alkanes of at least 4 members (excludes halogenated alkanes) is 1. The molecule has 0 aliphatic carbocycles. The number of hydrogen-bond acceptors (Lipinski definition) is 7. The third kappa shape index (κ3) is 7.45. The summed E-state index contributed by atoms with van der Waals surface area (Å²) >= 11 is 1.32. The third-order valence-corrected chi connectivity index (χ3v) is 5.07. The Bertz CT molecular complexity index is 1070. The van der Waals surface area contributed by atoms with Gasteiger partial charge in [0.05, 0.1) is 6.42 Å². The minimum atomic E-state index is -4.82. The average molecular weight is 469 g/mol. The predicted octanol–water partition coefficient (Wildman–Crippen LogP) is 4.30. The number of nitrogens with zero attached hydrogens (tertiary/aromatic N) is 3. The SMILES string of the molecule is Nc1nnc(CCCCc2ccc(NC(=O)Cc3cccc(OC(F)(F)F)c3)nc2F)s1. The standard InChI is InChI=1S/C20H19F4N5O2S/c21-18-13(5-1-2-7-17-28-29-19(25)32-17)8-9-15(27-18)26-16(30)11-12-4-3-6-14(10-12)31-20(22,23)24/h3-4,6,8-10H,1-2,5,7,11H2,(H2,25,29)(H,26,27,30). The topological polar surface area (TPSA) is 103 Å². The summed E-state index contributed by atoms with van der Waals surface area (Å²) in [6, 6.07) is 8.09. The molecule has 3 aromatic rings. The number of ether oxygens (including phenoxy) is 1. The Hall–Kier alpha value is -3.28. The number of nitrogens with one attached hydrogen (secondary N) is 1. The predicted molar refractivity (Wildman–Crippen MR) is 111 cm³/mol. The summed E-state index contributed by atoms with van der Waals surface area (Å²) in [5.74, 6) is -1.65. The van der Waals surface area contributed by atoms with E-state index in [-0.39, 0.29) is 12.2 Å². The van der Waals surface area contributed by atoms with Gasteiger partial charge in [-0.3, -0.25) is 4.79 Å². The Morgan fingerprint density at radius 1 is 1.12 bits per heavy atom. The molecule has 0 unspecified atom stereocenters. The summed E-state index contributed by atoms with van der Waals surface area (Å²) < 4.78 is 55.0. The minimum Gasteiger partial charge on any atom is -0.406 e. The smallest absolute Gasteiger partial charge is 0.406 e. The highest BCUT2D eigenvalue weighted by atomic mass is 32.1. The summed E-state index contributed by atoms with van der Waals surface area (Å²) in [6.45, 7) is 0. The normalized spacial score (nSPS) is 11.4. The van der Waals surface area contributed by atoms with Gasteiger partial charge in [0.15, 0.2) is 0 Å². The molecule has 170 valence electrons. The van der Waals surface area contributed by atoms with E-state index in [2.05, 4.69) is 25.2 Å². The molecule has 0 aliphatic heterocycles. The number of pyridine rings is 1. The molecule has 1 amide bonds. The molecule has 12 heteroatoms. The first-order valence-electron chi connectivity index (χ1n) is 9.56. The zero-order valence-corrected chi connectivity index (χ0v) is 17.5. The Balaban J connectivity index is 1.49. The van der Waals surface area contributed by atoms with Crippen LogP contribution in [-0.4, -0.2) is 27.5 Å². The maximum absolute atomic E-state index is 14.3. The molecule has 3 rings (SSSR count). The lowest BCUT2D eigenvalue weighted by atomic mass is 10.1. The van der Waals surface area contributed by atoms with Crippen molar-refractivity contribution in [2.24, 2.45) is 0 Å². The van der Waals surface area contributed by atoms with E-state index in [1.807, 2.05) is 0 Å². The number of carbonyl (C=O) groups excluding carboxylic acids is 1. The lowest BCUT2D eigenvalue weighted by Gasteiger charge is -2.10. The fraction of sp³-hybridized carbons (Fsp3) is 0.300. The van der Waals surface area contributed by atoms with Crippen LogP contribution in [0, 0.1) is 5.95 Å². The van der Waals surface area contributed by atoms with Crippen molar-refractivity contribution in [3.05, 3.63) is 58.5 Å². The number of aryl methyl sites for hydroxylation is 2. The van der Waals surface area contributed by atoms with Gasteiger partial charge in [-0.1, -0.05) is 29.5 Å². The molecule has 2 aromatic heterocycles. The van der Waals surface area contributed by atoms with Gasteiger partial charge in [0.25, 0.3) is 0 Å². The summed E-state index contributed by atoms with van der Waals surface area (Å²) in [7, 11) is 0. The number of alkyl halides is 3. The molecule has 1 aromatic carbocycles. The molecule has 2 heterocycles. The molecule has 0 atom stereocenters. The number of amides is 1. The number of rotatable bonds is 9. The Labute approximate surface area is 184 Å². The van der Waals surface area contributed by atoms with Gasteiger partial charge < -0.3 is 15.8 Å². The minimum absolute atomic E-state index is 0.0169. The maximum atomic E-state index is 14.3. The number of nitrogen functional groups attached to an aromatic ring is 1. The van der Waals surface area contributed by atoms with Crippen molar-refractivity contribution in [2.75, 3.05) is 11.1 Å². The van der Waals surface area contributed by atoms with Crippen LogP contribution in [0.3, 0.4) is 0 Å². The highest BCUT2D eigenvalue weighted by Gasteiger charge is 2.31. The van der Waals surface area contributed by atoms with Crippen molar-refractivity contribution in [3.63, 3.8) is 0 Å². The summed E-state index contributed by atoms with van der Waals surface area (Å²) in [4.78, 5) is 15.9. The molecule has 3 N–H and O–H groups in total. The largest absolute Gasteiger partial charge is 0.573 e. The number of nitrogens with two attached hydrogens (primary N) is 1. The zero-order chi connectivity index (χ0) is 23.1. The van der Waals surface area contributed by atoms with Gasteiger partial charge in [-0.05, 0) is 43.0 Å². The van der Waals surface area contributed by atoms with Crippen molar-refractivity contribution in [2.45, 2.75) is 38.5 Å². The number of anilines is 2.